The summed E-state index contributed by atoms with van der Waals surface area (Å²) in [5, 5.41) is 2.33. The molecule has 0 saturated heterocycles. The van der Waals surface area contributed by atoms with Crippen LogP contribution in [0.1, 0.15) is 30.5 Å². The highest BCUT2D eigenvalue weighted by Crippen LogP contribution is 2.29. The van der Waals surface area contributed by atoms with E-state index < -0.39 is 0 Å². The van der Waals surface area contributed by atoms with Crippen molar-refractivity contribution in [2.75, 3.05) is 14.2 Å². The van der Waals surface area contributed by atoms with Crippen LogP contribution in [0.3, 0.4) is 0 Å². The highest BCUT2D eigenvalue weighted by Gasteiger charge is 2.15. The Labute approximate surface area is 126 Å². The smallest absolute Gasteiger partial charge is 0.161 e. The topological polar surface area (TPSA) is 48.0 Å². The van der Waals surface area contributed by atoms with E-state index in [0.717, 1.165) is 24.5 Å². The first-order chi connectivity index (χ1) is 10.3. The van der Waals surface area contributed by atoms with E-state index in [1.807, 2.05) is 18.3 Å². The zero-order chi connectivity index (χ0) is 15.1. The van der Waals surface area contributed by atoms with Crippen LogP contribution in [0.25, 0.3) is 0 Å². The molecule has 1 aromatic carbocycles. The second kappa shape index (κ2) is 7.64. The maximum absolute atomic E-state index is 5.39. The van der Waals surface area contributed by atoms with E-state index in [1.54, 1.807) is 20.4 Å². The molecule has 0 spiro atoms. The lowest BCUT2D eigenvalue weighted by molar-refractivity contribution is -0.711. The van der Waals surface area contributed by atoms with Gasteiger partial charge in [0.2, 0.25) is 0 Å². The molecule has 0 radical (unpaired) electrons. The van der Waals surface area contributed by atoms with Gasteiger partial charge in [0.1, 0.15) is 12.6 Å². The van der Waals surface area contributed by atoms with Gasteiger partial charge in [-0.2, -0.15) is 0 Å². The molecule has 1 aromatic heterocycles. The van der Waals surface area contributed by atoms with E-state index >= 15 is 0 Å². The Morgan fingerprint density at radius 1 is 1.14 bits per heavy atom. The van der Waals surface area contributed by atoms with Gasteiger partial charge in [0.25, 0.3) is 0 Å². The van der Waals surface area contributed by atoms with Crippen molar-refractivity contribution in [1.29, 1.82) is 0 Å². The van der Waals surface area contributed by atoms with Crippen molar-refractivity contribution < 1.29 is 14.8 Å². The Balaban J connectivity index is 2.10. The van der Waals surface area contributed by atoms with Gasteiger partial charge >= 0.3 is 0 Å². The Bertz CT molecular complexity index is 558. The number of nitrogens with zero attached hydrogens (tertiary/aromatic N) is 1. The molecule has 0 bridgehead atoms. The van der Waals surface area contributed by atoms with E-state index in [4.69, 9.17) is 9.47 Å². The molecule has 2 aromatic rings. The summed E-state index contributed by atoms with van der Waals surface area (Å²) in [5.74, 6) is 1.55. The first-order valence-electron chi connectivity index (χ1n) is 7.22. The van der Waals surface area contributed by atoms with Crippen LogP contribution in [-0.4, -0.2) is 19.2 Å². The van der Waals surface area contributed by atoms with Crippen LogP contribution in [0.15, 0.2) is 42.7 Å². The van der Waals surface area contributed by atoms with Crippen LogP contribution in [0.5, 0.6) is 11.5 Å². The number of pyridine rings is 1. The van der Waals surface area contributed by atoms with Gasteiger partial charge in [0.15, 0.2) is 11.5 Å². The first-order valence-corrected chi connectivity index (χ1v) is 7.22. The number of aromatic nitrogens is 1. The van der Waals surface area contributed by atoms with Crippen molar-refractivity contribution in [2.24, 2.45) is 0 Å². The molecule has 2 rings (SSSR count). The van der Waals surface area contributed by atoms with Crippen molar-refractivity contribution in [1.82, 2.24) is 4.98 Å². The number of hydrogen-bond donors (Lipinski definition) is 1. The van der Waals surface area contributed by atoms with E-state index in [9.17, 15) is 0 Å². The van der Waals surface area contributed by atoms with Crippen molar-refractivity contribution in [3.05, 3.63) is 53.9 Å². The van der Waals surface area contributed by atoms with Crippen molar-refractivity contribution in [2.45, 2.75) is 25.9 Å². The Hall–Kier alpha value is -2.07. The van der Waals surface area contributed by atoms with Crippen LogP contribution in [-0.2, 0) is 6.54 Å². The highest BCUT2D eigenvalue weighted by atomic mass is 16.5. The number of rotatable bonds is 7. The molecule has 0 aliphatic rings. The molecule has 0 aliphatic carbocycles. The Morgan fingerprint density at radius 3 is 2.57 bits per heavy atom. The second-order valence-electron chi connectivity index (χ2n) is 4.93. The normalized spacial score (nSPS) is 12.0. The molecular weight excluding hydrogens is 264 g/mol. The maximum Gasteiger partial charge on any atom is 0.161 e. The summed E-state index contributed by atoms with van der Waals surface area (Å²) in [7, 11) is 3.32. The third-order valence-corrected chi connectivity index (χ3v) is 3.64. The fourth-order valence-electron chi connectivity index (χ4n) is 2.42. The van der Waals surface area contributed by atoms with Crippen molar-refractivity contribution >= 4 is 0 Å². The third kappa shape index (κ3) is 3.95. The van der Waals surface area contributed by atoms with E-state index in [2.05, 4.69) is 35.4 Å². The van der Waals surface area contributed by atoms with Crippen LogP contribution in [0.4, 0.5) is 0 Å². The lowest BCUT2D eigenvalue weighted by atomic mass is 10.0. The first kappa shape index (κ1) is 15.3. The minimum absolute atomic E-state index is 0.394. The summed E-state index contributed by atoms with van der Waals surface area (Å²) in [6, 6.07) is 10.6. The number of methoxy groups -OCH3 is 2. The molecule has 0 fully saturated rings. The maximum atomic E-state index is 5.39. The monoisotopic (exact) mass is 287 g/mol. The predicted molar refractivity (Wildman–Crippen MR) is 82.4 cm³/mol. The quantitative estimate of drug-likeness (QED) is 0.850. The van der Waals surface area contributed by atoms with Crippen molar-refractivity contribution in [3.63, 3.8) is 0 Å². The predicted octanol–water partition coefficient (Wildman–Crippen LogP) is 2.31. The third-order valence-electron chi connectivity index (χ3n) is 3.64. The number of ether oxygens (including phenoxy) is 2. The summed E-state index contributed by atoms with van der Waals surface area (Å²) < 4.78 is 10.7. The van der Waals surface area contributed by atoms with E-state index in [0.29, 0.717) is 6.04 Å². The van der Waals surface area contributed by atoms with Gasteiger partial charge in [-0.1, -0.05) is 13.0 Å². The number of benzene rings is 1. The summed E-state index contributed by atoms with van der Waals surface area (Å²) in [5.41, 5.74) is 2.48. The van der Waals surface area contributed by atoms with Crippen LogP contribution < -0.4 is 14.8 Å². The SMILES string of the molecule is CC[C@H]([NH2+]Cc1cccnc1)c1ccc(OC)c(OC)c1. The largest absolute Gasteiger partial charge is 0.493 e. The highest BCUT2D eigenvalue weighted by molar-refractivity contribution is 5.43. The molecule has 0 amide bonds. The number of nitrogens with two attached hydrogens (primary N) is 1. The second-order valence-corrected chi connectivity index (χ2v) is 4.93. The van der Waals surface area contributed by atoms with E-state index in [-0.39, 0.29) is 0 Å². The lowest BCUT2D eigenvalue weighted by Crippen LogP contribution is -2.83. The summed E-state index contributed by atoms with van der Waals surface area (Å²) in [6.07, 6.45) is 4.77. The Morgan fingerprint density at radius 2 is 1.95 bits per heavy atom. The average molecular weight is 287 g/mol. The Kier molecular flexibility index (Phi) is 5.58. The summed E-state index contributed by atoms with van der Waals surface area (Å²) >= 11 is 0. The summed E-state index contributed by atoms with van der Waals surface area (Å²) in [4.78, 5) is 4.15. The van der Waals surface area contributed by atoms with Gasteiger partial charge in [-0.3, -0.25) is 4.98 Å². The van der Waals surface area contributed by atoms with E-state index in [1.165, 1.54) is 11.1 Å². The lowest BCUT2D eigenvalue weighted by Gasteiger charge is -2.16. The fraction of sp³-hybridized carbons (Fsp3) is 0.353. The average Bonchev–Trinajstić information content (AvgIpc) is 2.56. The molecular formula is C17H23N2O2+. The minimum Gasteiger partial charge on any atom is -0.493 e. The molecule has 0 aliphatic heterocycles. The standard InChI is InChI=1S/C17H22N2O2/c1-4-15(19-12-13-6-5-9-18-11-13)14-7-8-16(20-2)17(10-14)21-3/h5-11,15,19H,4,12H2,1-3H3/p+1/t15-/m0/s1. The van der Waals surface area contributed by atoms with Crippen LogP contribution >= 0.6 is 0 Å². The number of hydrogen-bond acceptors (Lipinski definition) is 3. The molecule has 4 nitrogen and oxygen atoms in total. The van der Waals surface area contributed by atoms with Gasteiger partial charge in [0, 0.05) is 29.9 Å². The molecule has 4 heteroatoms. The fourth-order valence-corrected chi connectivity index (χ4v) is 2.42. The molecule has 112 valence electrons. The van der Waals surface area contributed by atoms with Gasteiger partial charge in [-0.05, 0) is 24.3 Å². The molecule has 0 saturated carbocycles. The van der Waals surface area contributed by atoms with Crippen LogP contribution in [0, 0.1) is 0 Å². The molecule has 1 heterocycles. The molecule has 21 heavy (non-hydrogen) atoms. The van der Waals surface area contributed by atoms with Gasteiger partial charge in [-0.25, -0.2) is 0 Å². The molecule has 1 atom stereocenters. The zero-order valence-corrected chi connectivity index (χ0v) is 12.9. The number of quaternary nitrogens is 1. The van der Waals surface area contributed by atoms with Gasteiger partial charge in [0.05, 0.1) is 14.2 Å². The minimum atomic E-state index is 0.394. The van der Waals surface area contributed by atoms with Gasteiger partial charge < -0.3 is 14.8 Å². The van der Waals surface area contributed by atoms with Gasteiger partial charge in [-0.15, -0.1) is 0 Å². The molecule has 0 unspecified atom stereocenters. The zero-order valence-electron chi connectivity index (χ0n) is 12.9. The van der Waals surface area contributed by atoms with Crippen LogP contribution in [0.2, 0.25) is 0 Å². The summed E-state index contributed by atoms with van der Waals surface area (Å²) in [6.45, 7) is 3.11. The molecule has 2 N–H and O–H groups in total. The van der Waals surface area contributed by atoms with Crippen molar-refractivity contribution in [3.8, 4) is 11.5 Å².